The molecule has 0 radical (unpaired) electrons. The molecule has 44 heavy (non-hydrogen) atoms. The van der Waals surface area contributed by atoms with E-state index in [1.165, 1.54) is 22.7 Å². The number of rotatable bonds is 19. The maximum atomic E-state index is 13.0. The molecule has 2 atom stereocenters. The van der Waals surface area contributed by atoms with Crippen molar-refractivity contribution < 1.29 is 28.5 Å². The van der Waals surface area contributed by atoms with E-state index >= 15 is 0 Å². The Bertz CT molecular complexity index is 1310. The number of carbonyl (C=O) groups is 2. The lowest BCUT2D eigenvalue weighted by atomic mass is 10.1. The van der Waals surface area contributed by atoms with Crippen LogP contribution in [0.1, 0.15) is 46.2 Å². The molecule has 0 saturated carbocycles. The number of methoxy groups -OCH3 is 2. The second-order valence-corrected chi connectivity index (χ2v) is 11.6. The number of hydrogen-bond acceptors (Lipinski definition) is 12. The van der Waals surface area contributed by atoms with Gasteiger partial charge in [-0.25, -0.2) is 0 Å². The summed E-state index contributed by atoms with van der Waals surface area (Å²) < 4.78 is 21.7. The molecule has 0 bridgehead atoms. The summed E-state index contributed by atoms with van der Waals surface area (Å²) in [5, 5.41) is 24.9. The number of hydrogen-bond donors (Lipinski definition) is 2. The van der Waals surface area contributed by atoms with E-state index in [-0.39, 0.29) is 25.0 Å². The first kappa shape index (κ1) is 33.2. The lowest BCUT2D eigenvalue weighted by Crippen LogP contribution is -2.24. The Morgan fingerprint density at radius 1 is 0.636 bits per heavy atom. The molecular formula is C30H36N6O6S2. The Labute approximate surface area is 264 Å². The summed E-state index contributed by atoms with van der Waals surface area (Å²) in [5.74, 6) is -0.628. The number of aromatic nitrogens is 4. The van der Waals surface area contributed by atoms with Gasteiger partial charge in [0.05, 0.1) is 26.4 Å². The highest BCUT2D eigenvalue weighted by Crippen LogP contribution is 2.25. The van der Waals surface area contributed by atoms with Crippen LogP contribution < -0.4 is 10.6 Å². The number of unbranched alkanes of at least 4 members (excludes halogenated alkanes) is 1. The molecule has 234 valence electrons. The summed E-state index contributed by atoms with van der Waals surface area (Å²) in [6.45, 7) is 1.33. The molecule has 0 aliphatic heterocycles. The Balaban J connectivity index is 1.22. The van der Waals surface area contributed by atoms with Gasteiger partial charge in [-0.3, -0.25) is 20.2 Å². The molecule has 0 saturated heterocycles. The Morgan fingerprint density at radius 2 is 1.05 bits per heavy atom. The van der Waals surface area contributed by atoms with Crippen molar-refractivity contribution in [2.45, 2.75) is 37.9 Å². The highest BCUT2D eigenvalue weighted by atomic mass is 32.1. The van der Waals surface area contributed by atoms with Crippen LogP contribution in [0.15, 0.2) is 60.7 Å². The van der Waals surface area contributed by atoms with Crippen molar-refractivity contribution >= 4 is 44.8 Å². The number of nitrogens with zero attached hydrogens (tertiary/aromatic N) is 4. The Morgan fingerprint density at radius 3 is 1.43 bits per heavy atom. The largest absolute Gasteiger partial charge is 0.382 e. The molecule has 14 heteroatoms. The monoisotopic (exact) mass is 640 g/mol. The lowest BCUT2D eigenvalue weighted by molar-refractivity contribution is -0.129. The first-order valence-corrected chi connectivity index (χ1v) is 15.8. The molecular weight excluding hydrogens is 605 g/mol. The highest BCUT2D eigenvalue weighted by molar-refractivity contribution is 7.15. The molecule has 4 aromatic rings. The summed E-state index contributed by atoms with van der Waals surface area (Å²) in [6, 6.07) is 18.6. The zero-order valence-corrected chi connectivity index (χ0v) is 26.3. The molecule has 1 unspecified atom stereocenters. The average Bonchev–Trinajstić information content (AvgIpc) is 3.69. The van der Waals surface area contributed by atoms with Crippen molar-refractivity contribution in [1.82, 2.24) is 20.4 Å². The van der Waals surface area contributed by atoms with Gasteiger partial charge in [-0.15, -0.1) is 20.4 Å². The van der Waals surface area contributed by atoms with Crippen molar-refractivity contribution in [3.8, 4) is 0 Å². The molecule has 0 aliphatic carbocycles. The number of benzene rings is 2. The second kappa shape index (κ2) is 18.2. The molecule has 2 aromatic carbocycles. The molecule has 4 rings (SSSR count). The van der Waals surface area contributed by atoms with E-state index in [0.29, 0.717) is 36.3 Å². The van der Waals surface area contributed by atoms with Crippen LogP contribution in [-0.2, 0) is 41.4 Å². The van der Waals surface area contributed by atoms with Crippen LogP contribution in [0.25, 0.3) is 0 Å². The number of carbonyl (C=O) groups excluding carboxylic acids is 2. The number of ether oxygens (including phenoxy) is 4. The van der Waals surface area contributed by atoms with E-state index in [4.69, 9.17) is 18.9 Å². The van der Waals surface area contributed by atoms with Crippen LogP contribution >= 0.6 is 22.7 Å². The van der Waals surface area contributed by atoms with E-state index in [1.54, 1.807) is 14.2 Å². The zero-order valence-electron chi connectivity index (χ0n) is 24.6. The van der Waals surface area contributed by atoms with Gasteiger partial charge in [0, 0.05) is 27.1 Å². The van der Waals surface area contributed by atoms with Crippen LogP contribution in [0.2, 0.25) is 0 Å². The molecule has 2 amide bonds. The predicted octanol–water partition coefficient (Wildman–Crippen LogP) is 4.64. The minimum atomic E-state index is -0.785. The van der Waals surface area contributed by atoms with Gasteiger partial charge < -0.3 is 18.9 Å². The Hall–Kier alpha value is -3.66. The second-order valence-electron chi connectivity index (χ2n) is 9.50. The maximum Gasteiger partial charge on any atom is 0.259 e. The van der Waals surface area contributed by atoms with Crippen molar-refractivity contribution in [1.29, 1.82) is 0 Å². The summed E-state index contributed by atoms with van der Waals surface area (Å²) in [7, 11) is 3.16. The maximum absolute atomic E-state index is 13.0. The fourth-order valence-electron chi connectivity index (χ4n) is 4.11. The van der Waals surface area contributed by atoms with Crippen LogP contribution in [0, 0.1) is 0 Å². The van der Waals surface area contributed by atoms with Crippen molar-refractivity contribution in [3.63, 3.8) is 0 Å². The number of nitrogens with one attached hydrogen (secondary N) is 2. The van der Waals surface area contributed by atoms with Gasteiger partial charge in [0.25, 0.3) is 11.8 Å². The van der Waals surface area contributed by atoms with E-state index in [1.807, 2.05) is 60.7 Å². The van der Waals surface area contributed by atoms with Gasteiger partial charge in [-0.05, 0) is 24.0 Å². The molecule has 2 N–H and O–H groups in total. The third-order valence-electron chi connectivity index (χ3n) is 6.25. The minimum absolute atomic E-state index is 0.283. The van der Waals surface area contributed by atoms with E-state index in [0.717, 1.165) is 34.0 Å². The number of anilines is 2. The first-order valence-electron chi connectivity index (χ1n) is 14.1. The molecule has 0 aliphatic rings. The van der Waals surface area contributed by atoms with Crippen molar-refractivity contribution in [3.05, 3.63) is 81.8 Å². The first-order chi connectivity index (χ1) is 21.6. The topological polar surface area (TPSA) is 147 Å². The summed E-state index contributed by atoms with van der Waals surface area (Å²) in [5.41, 5.74) is 1.49. The number of amides is 2. The van der Waals surface area contributed by atoms with Gasteiger partial charge in [0.1, 0.15) is 10.0 Å². The third kappa shape index (κ3) is 10.5. The molecule has 12 nitrogen and oxygen atoms in total. The molecule has 2 aromatic heterocycles. The van der Waals surface area contributed by atoms with Gasteiger partial charge in [0.2, 0.25) is 10.3 Å². The van der Waals surface area contributed by atoms with E-state index in [9.17, 15) is 9.59 Å². The smallest absolute Gasteiger partial charge is 0.259 e. The van der Waals surface area contributed by atoms with Crippen LogP contribution in [-0.4, -0.2) is 72.9 Å². The summed E-state index contributed by atoms with van der Waals surface area (Å²) in [4.78, 5) is 26.0. The lowest BCUT2D eigenvalue weighted by Gasteiger charge is -2.17. The average molecular weight is 641 g/mol. The van der Waals surface area contributed by atoms with E-state index < -0.39 is 12.2 Å². The van der Waals surface area contributed by atoms with Crippen LogP contribution in [0.3, 0.4) is 0 Å². The Kier molecular flexibility index (Phi) is 13.8. The molecule has 0 spiro atoms. The summed E-state index contributed by atoms with van der Waals surface area (Å²) in [6.07, 6.45) is 1.54. The minimum Gasteiger partial charge on any atom is -0.382 e. The normalized spacial score (nSPS) is 12.5. The SMILES string of the molecule is COCCOC(C(=O)Nc1nnc(CCCCc2nnc(NC(=O)[C@H](OCCOC)c3ccccc3)s2)s1)c1ccccc1. The van der Waals surface area contributed by atoms with Crippen LogP contribution in [0.5, 0.6) is 0 Å². The highest BCUT2D eigenvalue weighted by Gasteiger charge is 2.24. The van der Waals surface area contributed by atoms with E-state index in [2.05, 4.69) is 31.0 Å². The number of aryl methyl sites for hydroxylation is 2. The fraction of sp³-hybridized carbons (Fsp3) is 0.400. The van der Waals surface area contributed by atoms with Gasteiger partial charge in [-0.2, -0.15) is 0 Å². The molecule has 0 fully saturated rings. The predicted molar refractivity (Wildman–Crippen MR) is 168 cm³/mol. The van der Waals surface area contributed by atoms with Crippen molar-refractivity contribution in [2.24, 2.45) is 0 Å². The van der Waals surface area contributed by atoms with Gasteiger partial charge in [-0.1, -0.05) is 83.3 Å². The quantitative estimate of drug-likeness (QED) is 0.139. The summed E-state index contributed by atoms with van der Waals surface area (Å²) >= 11 is 2.68. The standard InChI is InChI=1S/C30H36N6O6S2/c1-39-17-19-41-25(21-11-5-3-6-12-21)27(37)31-29-35-33-23(43-29)15-9-10-16-24-34-36-30(44-24)32-28(38)26(42-20-18-40-2)22-13-7-4-8-14-22/h3-8,11-14,25-26H,9-10,15-20H2,1-2H3,(H,31,35,37)(H,32,36,38)/t25-,26?/m1/s1. The van der Waals surface area contributed by atoms with Gasteiger partial charge >= 0.3 is 0 Å². The van der Waals surface area contributed by atoms with Crippen molar-refractivity contribution in [2.75, 3.05) is 51.3 Å². The molecule has 2 heterocycles. The zero-order chi connectivity index (χ0) is 31.0. The fourth-order valence-corrected chi connectivity index (χ4v) is 5.67. The van der Waals surface area contributed by atoms with Crippen LogP contribution in [0.4, 0.5) is 10.3 Å². The third-order valence-corrected chi connectivity index (χ3v) is 8.05. The van der Waals surface area contributed by atoms with Gasteiger partial charge in [0.15, 0.2) is 12.2 Å².